The molecule has 0 saturated carbocycles. The van der Waals surface area contributed by atoms with Crippen molar-refractivity contribution in [1.29, 1.82) is 0 Å². The van der Waals surface area contributed by atoms with Crippen LogP contribution in [0.15, 0.2) is 0 Å². The molecule has 0 aliphatic heterocycles. The van der Waals surface area contributed by atoms with E-state index in [0.717, 1.165) is 0 Å². The minimum Gasteiger partial charge on any atom is -0.368 e. The quantitative estimate of drug-likeness (QED) is 0.428. The van der Waals surface area contributed by atoms with Gasteiger partial charge in [-0.3, -0.25) is 9.59 Å². The van der Waals surface area contributed by atoms with E-state index < -0.39 is 11.9 Å². The van der Waals surface area contributed by atoms with Gasteiger partial charge in [0, 0.05) is 0 Å². The molecule has 0 fully saturated rings. The molecule has 3 nitrogen and oxygen atoms in total. The number of ketones is 1. The highest BCUT2D eigenvalue weighted by atomic mass is 16.5. The van der Waals surface area contributed by atoms with Crippen molar-refractivity contribution >= 4 is 12.1 Å². The van der Waals surface area contributed by atoms with Crippen molar-refractivity contribution in [2.75, 3.05) is 0 Å². The second-order valence-corrected chi connectivity index (χ2v) is 2.35. The van der Waals surface area contributed by atoms with Gasteiger partial charge in [0.1, 0.15) is 6.10 Å². The van der Waals surface area contributed by atoms with E-state index in [1.165, 1.54) is 0 Å². The van der Waals surface area contributed by atoms with Gasteiger partial charge in [0.2, 0.25) is 5.78 Å². The van der Waals surface area contributed by atoms with E-state index in [-0.39, 0.29) is 12.4 Å². The zero-order valence-corrected chi connectivity index (χ0v) is 6.46. The van der Waals surface area contributed by atoms with E-state index in [1.807, 2.05) is 13.8 Å². The third-order valence-electron chi connectivity index (χ3n) is 0.993. The maximum Gasteiger partial charge on any atom is 0.223 e. The predicted octanol–water partition coefficient (Wildman–Crippen LogP) is 0.568. The standard InChI is InChI=1S/C7H12O3/c1-5(2)10-6(3)7(9)4-8/h4-6H,1-3H3. The van der Waals surface area contributed by atoms with Crippen molar-refractivity contribution in [3.8, 4) is 0 Å². The van der Waals surface area contributed by atoms with Crippen LogP contribution in [-0.4, -0.2) is 24.3 Å². The molecule has 10 heavy (non-hydrogen) atoms. The van der Waals surface area contributed by atoms with Crippen molar-refractivity contribution in [3.05, 3.63) is 0 Å². The predicted molar refractivity (Wildman–Crippen MR) is 36.8 cm³/mol. The van der Waals surface area contributed by atoms with Crippen LogP contribution in [0.3, 0.4) is 0 Å². The zero-order chi connectivity index (χ0) is 8.15. The van der Waals surface area contributed by atoms with Crippen LogP contribution in [0.1, 0.15) is 20.8 Å². The summed E-state index contributed by atoms with van der Waals surface area (Å²) in [5, 5.41) is 0. The number of rotatable bonds is 4. The van der Waals surface area contributed by atoms with Gasteiger partial charge in [-0.05, 0) is 20.8 Å². The van der Waals surface area contributed by atoms with Gasteiger partial charge in [0.05, 0.1) is 6.10 Å². The van der Waals surface area contributed by atoms with Gasteiger partial charge in [-0.1, -0.05) is 0 Å². The van der Waals surface area contributed by atoms with Crippen LogP contribution in [0.4, 0.5) is 0 Å². The van der Waals surface area contributed by atoms with Crippen molar-refractivity contribution < 1.29 is 14.3 Å². The SMILES string of the molecule is CC(C)OC(C)C(=O)C=O. The van der Waals surface area contributed by atoms with Crippen LogP contribution in [0.25, 0.3) is 0 Å². The maximum absolute atomic E-state index is 10.6. The Morgan fingerprint density at radius 2 is 1.90 bits per heavy atom. The Kier molecular flexibility index (Phi) is 3.88. The molecule has 0 radical (unpaired) electrons. The normalized spacial score (nSPS) is 13.2. The monoisotopic (exact) mass is 144 g/mol. The lowest BCUT2D eigenvalue weighted by Crippen LogP contribution is -2.24. The minimum absolute atomic E-state index is 0.0149. The largest absolute Gasteiger partial charge is 0.368 e. The van der Waals surface area contributed by atoms with Gasteiger partial charge in [-0.2, -0.15) is 0 Å². The molecule has 0 aromatic carbocycles. The molecule has 3 heteroatoms. The van der Waals surface area contributed by atoms with Crippen molar-refractivity contribution in [3.63, 3.8) is 0 Å². The number of aldehydes is 1. The molecule has 0 aliphatic rings. The summed E-state index contributed by atoms with van der Waals surface area (Å²) in [4.78, 5) is 20.5. The molecule has 1 atom stereocenters. The first-order chi connectivity index (χ1) is 4.57. The molecule has 0 bridgehead atoms. The third kappa shape index (κ3) is 3.35. The first-order valence-corrected chi connectivity index (χ1v) is 3.22. The average Bonchev–Trinajstić information content (AvgIpc) is 1.85. The Bertz CT molecular complexity index is 129. The highest BCUT2D eigenvalue weighted by Gasteiger charge is 2.12. The first kappa shape index (κ1) is 9.30. The van der Waals surface area contributed by atoms with Crippen molar-refractivity contribution in [2.24, 2.45) is 0 Å². The van der Waals surface area contributed by atoms with Crippen LogP contribution >= 0.6 is 0 Å². The number of Topliss-reactive ketones (excluding diaryl/α,β-unsaturated/α-hetero) is 1. The van der Waals surface area contributed by atoms with E-state index >= 15 is 0 Å². The lowest BCUT2D eigenvalue weighted by atomic mass is 10.3. The Labute approximate surface area is 60.4 Å². The van der Waals surface area contributed by atoms with Gasteiger partial charge in [0.15, 0.2) is 6.29 Å². The lowest BCUT2D eigenvalue weighted by Gasteiger charge is -2.11. The topological polar surface area (TPSA) is 43.4 Å². The van der Waals surface area contributed by atoms with Crippen LogP contribution in [-0.2, 0) is 14.3 Å². The number of hydrogen-bond donors (Lipinski definition) is 0. The van der Waals surface area contributed by atoms with E-state index in [1.54, 1.807) is 6.92 Å². The molecule has 0 spiro atoms. The van der Waals surface area contributed by atoms with E-state index in [9.17, 15) is 9.59 Å². The van der Waals surface area contributed by atoms with Gasteiger partial charge in [0.25, 0.3) is 0 Å². The van der Waals surface area contributed by atoms with E-state index in [0.29, 0.717) is 0 Å². The van der Waals surface area contributed by atoms with E-state index in [2.05, 4.69) is 0 Å². The third-order valence-corrected chi connectivity index (χ3v) is 0.993. The Hall–Kier alpha value is -0.700. The van der Waals surface area contributed by atoms with Crippen LogP contribution < -0.4 is 0 Å². The van der Waals surface area contributed by atoms with Gasteiger partial charge in [-0.15, -0.1) is 0 Å². The molecule has 0 N–H and O–H groups in total. The molecule has 0 aromatic heterocycles. The molecule has 0 rings (SSSR count). The fourth-order valence-electron chi connectivity index (χ4n) is 0.571. The smallest absolute Gasteiger partial charge is 0.223 e. The molecular weight excluding hydrogens is 132 g/mol. The number of ether oxygens (including phenoxy) is 1. The van der Waals surface area contributed by atoms with Gasteiger partial charge < -0.3 is 4.74 Å². The molecular formula is C7H12O3. The maximum atomic E-state index is 10.6. The lowest BCUT2D eigenvalue weighted by molar-refractivity contribution is -0.138. The summed E-state index contributed by atoms with van der Waals surface area (Å²) in [6.45, 7) is 5.19. The van der Waals surface area contributed by atoms with Crippen LogP contribution in [0.2, 0.25) is 0 Å². The molecule has 0 saturated heterocycles. The Morgan fingerprint density at radius 3 is 2.20 bits per heavy atom. The van der Waals surface area contributed by atoms with Crippen LogP contribution in [0, 0.1) is 0 Å². The molecule has 58 valence electrons. The highest BCUT2D eigenvalue weighted by Crippen LogP contribution is 1.96. The zero-order valence-electron chi connectivity index (χ0n) is 6.46. The summed E-state index contributed by atoms with van der Waals surface area (Å²) < 4.78 is 5.02. The number of hydrogen-bond acceptors (Lipinski definition) is 3. The summed E-state index contributed by atoms with van der Waals surface area (Å²) >= 11 is 0. The van der Waals surface area contributed by atoms with Crippen molar-refractivity contribution in [2.45, 2.75) is 33.0 Å². The number of carbonyl (C=O) groups is 2. The second kappa shape index (κ2) is 4.17. The second-order valence-electron chi connectivity index (χ2n) is 2.35. The summed E-state index contributed by atoms with van der Waals surface area (Å²) in [5.74, 6) is -0.506. The summed E-state index contributed by atoms with van der Waals surface area (Å²) in [7, 11) is 0. The Balaban J connectivity index is 3.72. The average molecular weight is 144 g/mol. The molecule has 1 unspecified atom stereocenters. The fourth-order valence-corrected chi connectivity index (χ4v) is 0.571. The summed E-state index contributed by atoms with van der Waals surface area (Å²) in [6, 6.07) is 0. The Morgan fingerprint density at radius 1 is 1.40 bits per heavy atom. The minimum atomic E-state index is -0.600. The van der Waals surface area contributed by atoms with E-state index in [4.69, 9.17) is 4.74 Å². The molecule has 0 amide bonds. The number of carbonyl (C=O) groups excluding carboxylic acids is 2. The van der Waals surface area contributed by atoms with Gasteiger partial charge >= 0.3 is 0 Å². The fraction of sp³-hybridized carbons (Fsp3) is 0.714. The molecule has 0 heterocycles. The molecule has 0 aromatic rings. The molecule has 0 aliphatic carbocycles. The van der Waals surface area contributed by atoms with Crippen molar-refractivity contribution in [1.82, 2.24) is 0 Å². The summed E-state index contributed by atoms with van der Waals surface area (Å²) in [6.07, 6.45) is -0.330. The first-order valence-electron chi connectivity index (χ1n) is 3.22. The van der Waals surface area contributed by atoms with Crippen LogP contribution in [0.5, 0.6) is 0 Å². The summed E-state index contributed by atoms with van der Waals surface area (Å²) in [5.41, 5.74) is 0. The highest BCUT2D eigenvalue weighted by molar-refractivity contribution is 6.26. The van der Waals surface area contributed by atoms with Gasteiger partial charge in [-0.25, -0.2) is 0 Å².